The first kappa shape index (κ1) is 15.2. The largest absolute Gasteiger partial charge is 0.320 e. The third-order valence-electron chi connectivity index (χ3n) is 2.79. The van der Waals surface area contributed by atoms with Gasteiger partial charge in [0.05, 0.1) is 3.79 Å². The molecule has 4 heteroatoms. The van der Waals surface area contributed by atoms with Crippen molar-refractivity contribution >= 4 is 27.3 Å². The fraction of sp³-hybridized carbons (Fsp3) is 0.692. The van der Waals surface area contributed by atoms with Crippen molar-refractivity contribution in [3.05, 3.63) is 20.8 Å². The Morgan fingerprint density at radius 3 is 2.71 bits per heavy atom. The van der Waals surface area contributed by atoms with Crippen LogP contribution in [0.3, 0.4) is 0 Å². The lowest BCUT2D eigenvalue weighted by atomic mass is 10.2. The van der Waals surface area contributed by atoms with E-state index >= 15 is 0 Å². The summed E-state index contributed by atoms with van der Waals surface area (Å²) in [5, 5.41) is 5.42. The van der Waals surface area contributed by atoms with Crippen LogP contribution >= 0.6 is 27.3 Å². The molecule has 1 aromatic heterocycles. The predicted molar refractivity (Wildman–Crippen MR) is 80.7 cm³/mol. The lowest BCUT2D eigenvalue weighted by Crippen LogP contribution is -2.18. The van der Waals surface area contributed by atoms with E-state index in [0.717, 1.165) is 13.1 Å². The molecule has 1 aromatic rings. The molecule has 1 rings (SSSR count). The van der Waals surface area contributed by atoms with Crippen LogP contribution in [0.25, 0.3) is 0 Å². The number of nitrogens with zero attached hydrogens (tertiary/aromatic N) is 1. The van der Waals surface area contributed by atoms with Crippen molar-refractivity contribution in [1.82, 2.24) is 10.2 Å². The highest BCUT2D eigenvalue weighted by molar-refractivity contribution is 9.11. The van der Waals surface area contributed by atoms with Gasteiger partial charge in [0.1, 0.15) is 0 Å². The molecule has 1 N–H and O–H groups in total. The van der Waals surface area contributed by atoms with Crippen LogP contribution in [-0.2, 0) is 6.54 Å². The summed E-state index contributed by atoms with van der Waals surface area (Å²) in [6.07, 6.45) is 5.31. The van der Waals surface area contributed by atoms with Crippen LogP contribution in [0.2, 0.25) is 0 Å². The first-order chi connectivity index (χ1) is 8.22. The zero-order valence-electron chi connectivity index (χ0n) is 10.8. The van der Waals surface area contributed by atoms with E-state index in [1.165, 1.54) is 41.6 Å². The van der Waals surface area contributed by atoms with Crippen LogP contribution < -0.4 is 5.32 Å². The summed E-state index contributed by atoms with van der Waals surface area (Å²) in [6, 6.07) is 2.22. The fourth-order valence-corrected chi connectivity index (χ4v) is 3.06. The van der Waals surface area contributed by atoms with Crippen LogP contribution in [0.4, 0.5) is 0 Å². The van der Waals surface area contributed by atoms with E-state index in [-0.39, 0.29) is 0 Å². The van der Waals surface area contributed by atoms with Gasteiger partial charge < -0.3 is 10.2 Å². The van der Waals surface area contributed by atoms with Gasteiger partial charge in [0.15, 0.2) is 0 Å². The van der Waals surface area contributed by atoms with Crippen molar-refractivity contribution in [3.63, 3.8) is 0 Å². The predicted octanol–water partition coefficient (Wildman–Crippen LogP) is 3.72. The van der Waals surface area contributed by atoms with Crippen molar-refractivity contribution in [3.8, 4) is 0 Å². The second-order valence-corrected chi connectivity index (χ2v) is 6.81. The first-order valence-corrected chi connectivity index (χ1v) is 7.95. The Morgan fingerprint density at radius 2 is 2.06 bits per heavy atom. The molecule has 0 amide bonds. The van der Waals surface area contributed by atoms with Crippen LogP contribution in [0, 0.1) is 0 Å². The van der Waals surface area contributed by atoms with Crippen molar-refractivity contribution in [2.24, 2.45) is 0 Å². The number of rotatable bonds is 9. The molecule has 0 unspecified atom stereocenters. The lowest BCUT2D eigenvalue weighted by molar-refractivity contribution is 0.317. The van der Waals surface area contributed by atoms with Crippen molar-refractivity contribution in [2.45, 2.75) is 32.2 Å². The summed E-state index contributed by atoms with van der Waals surface area (Å²) in [7, 11) is 4.23. The molecule has 0 atom stereocenters. The number of hydrogen-bond donors (Lipinski definition) is 1. The van der Waals surface area contributed by atoms with Crippen molar-refractivity contribution in [1.29, 1.82) is 0 Å². The van der Waals surface area contributed by atoms with E-state index in [0.29, 0.717) is 0 Å². The molecule has 0 aromatic carbocycles. The van der Waals surface area contributed by atoms with Gasteiger partial charge in [-0.3, -0.25) is 0 Å². The molecule has 0 spiro atoms. The SMILES string of the molecule is CNCCCCCCN(C)Cc1csc(Br)c1. The molecular weight excluding hydrogens is 296 g/mol. The summed E-state index contributed by atoms with van der Waals surface area (Å²) < 4.78 is 1.23. The van der Waals surface area contributed by atoms with Gasteiger partial charge in [-0.1, -0.05) is 12.8 Å². The number of halogens is 1. The zero-order chi connectivity index (χ0) is 12.5. The summed E-state index contributed by atoms with van der Waals surface area (Å²) >= 11 is 5.27. The molecule has 0 aliphatic rings. The van der Waals surface area contributed by atoms with Gasteiger partial charge in [-0.25, -0.2) is 0 Å². The van der Waals surface area contributed by atoms with E-state index in [1.807, 2.05) is 7.05 Å². The van der Waals surface area contributed by atoms with E-state index < -0.39 is 0 Å². The number of thiophene rings is 1. The molecule has 0 fully saturated rings. The quantitative estimate of drug-likeness (QED) is 0.698. The molecule has 0 aliphatic carbocycles. The average Bonchev–Trinajstić information content (AvgIpc) is 2.69. The Kier molecular flexibility index (Phi) is 8.10. The van der Waals surface area contributed by atoms with Gasteiger partial charge in [0.25, 0.3) is 0 Å². The highest BCUT2D eigenvalue weighted by Crippen LogP contribution is 2.21. The number of unbranched alkanes of at least 4 members (excludes halogenated alkanes) is 3. The molecule has 0 aliphatic heterocycles. The molecule has 0 bridgehead atoms. The molecule has 0 saturated carbocycles. The van der Waals surface area contributed by atoms with Crippen molar-refractivity contribution in [2.75, 3.05) is 27.2 Å². The molecule has 0 radical (unpaired) electrons. The van der Waals surface area contributed by atoms with E-state index in [1.54, 1.807) is 11.3 Å². The van der Waals surface area contributed by atoms with Crippen LogP contribution in [0.15, 0.2) is 15.2 Å². The minimum absolute atomic E-state index is 1.07. The minimum Gasteiger partial charge on any atom is -0.320 e. The topological polar surface area (TPSA) is 15.3 Å². The highest BCUT2D eigenvalue weighted by atomic mass is 79.9. The normalized spacial score (nSPS) is 11.3. The van der Waals surface area contributed by atoms with Gasteiger partial charge >= 0.3 is 0 Å². The summed E-state index contributed by atoms with van der Waals surface area (Å²) in [6.45, 7) is 3.42. The van der Waals surface area contributed by atoms with E-state index in [9.17, 15) is 0 Å². The number of nitrogens with one attached hydrogen (secondary N) is 1. The molecule has 0 saturated heterocycles. The Hall–Kier alpha value is 0.100. The molecular formula is C13H23BrN2S. The molecule has 98 valence electrons. The molecule has 2 nitrogen and oxygen atoms in total. The maximum atomic E-state index is 3.50. The third kappa shape index (κ3) is 7.19. The first-order valence-electron chi connectivity index (χ1n) is 6.28. The third-order valence-corrected chi connectivity index (χ3v) is 4.34. The Bertz CT molecular complexity index is 301. The summed E-state index contributed by atoms with van der Waals surface area (Å²) in [4.78, 5) is 2.41. The van der Waals surface area contributed by atoms with Crippen LogP contribution in [0.1, 0.15) is 31.2 Å². The van der Waals surface area contributed by atoms with Gasteiger partial charge in [-0.2, -0.15) is 0 Å². The van der Waals surface area contributed by atoms with Crippen LogP contribution in [-0.4, -0.2) is 32.1 Å². The molecule has 17 heavy (non-hydrogen) atoms. The van der Waals surface area contributed by atoms with Gasteiger partial charge in [-0.15, -0.1) is 11.3 Å². The second kappa shape index (κ2) is 9.09. The maximum absolute atomic E-state index is 3.50. The Labute approximate surface area is 118 Å². The second-order valence-electron chi connectivity index (χ2n) is 4.51. The minimum atomic E-state index is 1.07. The smallest absolute Gasteiger partial charge is 0.0701 e. The van der Waals surface area contributed by atoms with E-state index in [2.05, 4.69) is 44.6 Å². The van der Waals surface area contributed by atoms with Crippen molar-refractivity contribution < 1.29 is 0 Å². The Balaban J connectivity index is 2.03. The highest BCUT2D eigenvalue weighted by Gasteiger charge is 2.02. The number of hydrogen-bond acceptors (Lipinski definition) is 3. The average molecular weight is 319 g/mol. The van der Waals surface area contributed by atoms with E-state index in [4.69, 9.17) is 0 Å². The fourth-order valence-electron chi connectivity index (χ4n) is 1.86. The van der Waals surface area contributed by atoms with Gasteiger partial charge in [0.2, 0.25) is 0 Å². The molecule has 1 heterocycles. The standard InChI is InChI=1S/C13H23BrN2S/c1-15-7-5-3-4-6-8-16(2)10-12-9-13(14)17-11-12/h9,11,15H,3-8,10H2,1-2H3. The zero-order valence-corrected chi connectivity index (χ0v) is 13.2. The summed E-state index contributed by atoms with van der Waals surface area (Å²) in [5.41, 5.74) is 1.42. The monoisotopic (exact) mass is 318 g/mol. The Morgan fingerprint density at radius 1 is 1.29 bits per heavy atom. The van der Waals surface area contributed by atoms with Gasteiger partial charge in [0, 0.05) is 6.54 Å². The maximum Gasteiger partial charge on any atom is 0.0701 e. The summed E-state index contributed by atoms with van der Waals surface area (Å²) in [5.74, 6) is 0. The van der Waals surface area contributed by atoms with Crippen LogP contribution in [0.5, 0.6) is 0 Å². The van der Waals surface area contributed by atoms with Gasteiger partial charge in [-0.05, 0) is 73.0 Å². The lowest BCUT2D eigenvalue weighted by Gasteiger charge is -2.15.